The fourth-order valence-electron chi connectivity index (χ4n) is 3.52. The molecular weight excluding hydrogens is 414 g/mol. The van der Waals surface area contributed by atoms with Crippen molar-refractivity contribution in [2.45, 2.75) is 31.3 Å². The molecule has 1 aliphatic heterocycles. The molecule has 2 aromatic heterocycles. The van der Waals surface area contributed by atoms with E-state index in [9.17, 15) is 14.7 Å². The van der Waals surface area contributed by atoms with Crippen molar-refractivity contribution in [2.75, 3.05) is 6.54 Å². The SMILES string of the molecule is N[C@@H](Cc1cnc[nH]1)c1noc([C@H](Cc2ccccc2)NC(=O)N2CCC=C2C(=O)O)n1. The molecule has 3 aromatic rings. The third kappa shape index (κ3) is 4.83. The largest absolute Gasteiger partial charge is 0.477 e. The lowest BCUT2D eigenvalue weighted by atomic mass is 10.1. The Morgan fingerprint density at radius 1 is 1.28 bits per heavy atom. The Labute approximate surface area is 183 Å². The molecule has 2 atom stereocenters. The zero-order valence-corrected chi connectivity index (χ0v) is 17.1. The minimum Gasteiger partial charge on any atom is -0.477 e. The molecule has 1 aliphatic rings. The van der Waals surface area contributed by atoms with E-state index in [4.69, 9.17) is 10.3 Å². The highest BCUT2D eigenvalue weighted by Gasteiger charge is 2.30. The van der Waals surface area contributed by atoms with Gasteiger partial charge in [0.05, 0.1) is 12.4 Å². The van der Waals surface area contributed by atoms with Gasteiger partial charge in [0.25, 0.3) is 0 Å². The normalized spacial score (nSPS) is 15.3. The fourth-order valence-corrected chi connectivity index (χ4v) is 3.52. The molecule has 0 radical (unpaired) electrons. The van der Waals surface area contributed by atoms with Gasteiger partial charge in [-0.25, -0.2) is 14.6 Å². The Morgan fingerprint density at radius 2 is 2.09 bits per heavy atom. The van der Waals surface area contributed by atoms with Crippen LogP contribution in [0.5, 0.6) is 0 Å². The van der Waals surface area contributed by atoms with Gasteiger partial charge < -0.3 is 25.7 Å². The lowest BCUT2D eigenvalue weighted by Gasteiger charge is -2.22. The molecular formula is C21H23N7O4. The number of carboxylic acids is 1. The van der Waals surface area contributed by atoms with Crippen LogP contribution >= 0.6 is 0 Å². The van der Waals surface area contributed by atoms with Crippen LogP contribution in [0.4, 0.5) is 4.79 Å². The summed E-state index contributed by atoms with van der Waals surface area (Å²) in [5, 5.41) is 16.2. The highest BCUT2D eigenvalue weighted by atomic mass is 16.5. The van der Waals surface area contributed by atoms with E-state index in [-0.39, 0.29) is 18.1 Å². The maximum Gasteiger partial charge on any atom is 0.352 e. The molecule has 0 saturated heterocycles. The number of urea groups is 1. The van der Waals surface area contributed by atoms with E-state index >= 15 is 0 Å². The average Bonchev–Trinajstić information content (AvgIpc) is 3.55. The van der Waals surface area contributed by atoms with Crippen LogP contribution in [0, 0.1) is 0 Å². The molecule has 11 heteroatoms. The molecule has 166 valence electrons. The molecule has 3 heterocycles. The summed E-state index contributed by atoms with van der Waals surface area (Å²) in [6.45, 7) is 0.287. The number of rotatable bonds is 8. The second-order valence-electron chi connectivity index (χ2n) is 7.40. The number of imidazole rings is 1. The van der Waals surface area contributed by atoms with E-state index < -0.39 is 24.1 Å². The molecule has 5 N–H and O–H groups in total. The summed E-state index contributed by atoms with van der Waals surface area (Å²) in [5.74, 6) is -0.659. The lowest BCUT2D eigenvalue weighted by Crippen LogP contribution is -2.42. The number of nitrogens with zero attached hydrogens (tertiary/aromatic N) is 4. The van der Waals surface area contributed by atoms with Crippen molar-refractivity contribution < 1.29 is 19.2 Å². The van der Waals surface area contributed by atoms with Crippen molar-refractivity contribution in [3.63, 3.8) is 0 Å². The first kappa shape index (κ1) is 21.2. The van der Waals surface area contributed by atoms with Crippen LogP contribution in [0.15, 0.2) is 59.2 Å². The Balaban J connectivity index is 1.53. The van der Waals surface area contributed by atoms with E-state index in [0.29, 0.717) is 25.1 Å². The van der Waals surface area contributed by atoms with Gasteiger partial charge in [0.1, 0.15) is 11.7 Å². The maximum absolute atomic E-state index is 12.9. The number of hydrogen-bond acceptors (Lipinski definition) is 7. The van der Waals surface area contributed by atoms with Crippen molar-refractivity contribution >= 4 is 12.0 Å². The van der Waals surface area contributed by atoms with Crippen molar-refractivity contribution in [3.05, 3.63) is 77.6 Å². The predicted octanol–water partition coefficient (Wildman–Crippen LogP) is 1.70. The summed E-state index contributed by atoms with van der Waals surface area (Å²) in [5.41, 5.74) is 7.93. The highest BCUT2D eigenvalue weighted by molar-refractivity contribution is 5.93. The molecule has 0 bridgehead atoms. The number of benzene rings is 1. The predicted molar refractivity (Wildman–Crippen MR) is 112 cm³/mol. The van der Waals surface area contributed by atoms with Gasteiger partial charge in [-0.2, -0.15) is 4.98 Å². The number of H-pyrrole nitrogens is 1. The second-order valence-corrected chi connectivity index (χ2v) is 7.40. The Bertz CT molecular complexity index is 1090. The minimum absolute atomic E-state index is 0.0474. The average molecular weight is 437 g/mol. The molecule has 1 aromatic carbocycles. The Morgan fingerprint density at radius 3 is 2.81 bits per heavy atom. The first-order chi connectivity index (χ1) is 15.5. The topological polar surface area (TPSA) is 163 Å². The van der Waals surface area contributed by atoms with Crippen LogP contribution in [0.2, 0.25) is 0 Å². The number of carbonyl (C=O) groups is 2. The van der Waals surface area contributed by atoms with Crippen molar-refractivity contribution in [1.29, 1.82) is 0 Å². The summed E-state index contributed by atoms with van der Waals surface area (Å²) < 4.78 is 5.45. The van der Waals surface area contributed by atoms with Gasteiger partial charge in [-0.3, -0.25) is 4.90 Å². The molecule has 32 heavy (non-hydrogen) atoms. The van der Waals surface area contributed by atoms with Crippen molar-refractivity contribution in [3.8, 4) is 0 Å². The molecule has 4 rings (SSSR count). The van der Waals surface area contributed by atoms with Gasteiger partial charge in [0.15, 0.2) is 5.82 Å². The Kier molecular flexibility index (Phi) is 6.26. The van der Waals surface area contributed by atoms with Crippen LogP contribution < -0.4 is 11.1 Å². The quantitative estimate of drug-likeness (QED) is 0.414. The maximum atomic E-state index is 12.9. The molecule has 0 saturated carbocycles. The van der Waals surface area contributed by atoms with Gasteiger partial charge >= 0.3 is 12.0 Å². The van der Waals surface area contributed by atoms with E-state index in [1.54, 1.807) is 12.5 Å². The molecule has 0 unspecified atom stereocenters. The van der Waals surface area contributed by atoms with E-state index in [2.05, 4.69) is 25.4 Å². The molecule has 0 aliphatic carbocycles. The van der Waals surface area contributed by atoms with E-state index in [1.807, 2.05) is 30.3 Å². The number of carboxylic acid groups (broad SMARTS) is 1. The third-order valence-electron chi connectivity index (χ3n) is 5.11. The van der Waals surface area contributed by atoms with Gasteiger partial charge in [-0.1, -0.05) is 41.6 Å². The number of aliphatic carboxylic acids is 1. The summed E-state index contributed by atoms with van der Waals surface area (Å²) in [6.07, 6.45) is 6.05. The molecule has 2 amide bonds. The fraction of sp³-hybridized carbons (Fsp3) is 0.286. The number of amides is 2. The standard InChI is InChI=1S/C21H23N7O4/c22-15(10-14-11-23-12-24-14)18-26-19(32-27-18)16(9-13-5-2-1-3-6-13)25-21(31)28-8-4-7-17(28)20(29)30/h1-3,5-7,11-12,15-16H,4,8-10,22H2,(H,23,24)(H,25,31)(H,29,30)/t15-,16-/m0/s1. The van der Waals surface area contributed by atoms with Gasteiger partial charge in [0.2, 0.25) is 5.89 Å². The molecule has 11 nitrogen and oxygen atoms in total. The smallest absolute Gasteiger partial charge is 0.352 e. The molecule has 0 spiro atoms. The van der Waals surface area contributed by atoms with Crippen LogP contribution in [0.1, 0.15) is 41.5 Å². The zero-order chi connectivity index (χ0) is 22.5. The minimum atomic E-state index is -1.15. The highest BCUT2D eigenvalue weighted by Crippen LogP contribution is 2.22. The Hall–Kier alpha value is -3.99. The molecule has 0 fully saturated rings. The monoisotopic (exact) mass is 437 g/mol. The van der Waals surface area contributed by atoms with Crippen LogP contribution in [0.3, 0.4) is 0 Å². The summed E-state index contributed by atoms with van der Waals surface area (Å²) in [4.78, 5) is 36.8. The summed E-state index contributed by atoms with van der Waals surface area (Å²) >= 11 is 0. The first-order valence-electron chi connectivity index (χ1n) is 10.1. The number of hydrogen-bond donors (Lipinski definition) is 4. The number of aromatic amines is 1. The van der Waals surface area contributed by atoms with Gasteiger partial charge in [0, 0.05) is 31.3 Å². The van der Waals surface area contributed by atoms with Crippen molar-refractivity contribution in [2.24, 2.45) is 5.73 Å². The van der Waals surface area contributed by atoms with E-state index in [0.717, 1.165) is 11.3 Å². The zero-order valence-electron chi connectivity index (χ0n) is 17.1. The summed E-state index contributed by atoms with van der Waals surface area (Å²) in [7, 11) is 0. The number of aromatic nitrogens is 4. The van der Waals surface area contributed by atoms with Crippen LogP contribution in [0.25, 0.3) is 0 Å². The van der Waals surface area contributed by atoms with Crippen LogP contribution in [-0.2, 0) is 17.6 Å². The number of carbonyl (C=O) groups excluding carboxylic acids is 1. The van der Waals surface area contributed by atoms with Gasteiger partial charge in [-0.15, -0.1) is 0 Å². The second kappa shape index (κ2) is 9.43. The van der Waals surface area contributed by atoms with Crippen molar-refractivity contribution in [1.82, 2.24) is 30.3 Å². The third-order valence-corrected chi connectivity index (χ3v) is 5.11. The first-order valence-corrected chi connectivity index (χ1v) is 10.1. The lowest BCUT2D eigenvalue weighted by molar-refractivity contribution is -0.133. The van der Waals surface area contributed by atoms with E-state index in [1.165, 1.54) is 11.0 Å². The summed E-state index contributed by atoms with van der Waals surface area (Å²) in [6, 6.07) is 7.77. The number of nitrogens with two attached hydrogens (primary N) is 1. The number of nitrogens with one attached hydrogen (secondary N) is 2. The van der Waals surface area contributed by atoms with Crippen LogP contribution in [-0.4, -0.2) is 48.7 Å². The van der Waals surface area contributed by atoms with Gasteiger partial charge in [-0.05, 0) is 12.0 Å².